The third kappa shape index (κ3) is 6.37. The Morgan fingerprint density at radius 1 is 0.371 bits per heavy atom. The van der Waals surface area contributed by atoms with Crippen LogP contribution in [0.15, 0.2) is 0 Å². The molecule has 0 aliphatic carbocycles. The number of rotatable bonds is 6. The zero-order valence-electron chi connectivity index (χ0n) is 14.4. The summed E-state index contributed by atoms with van der Waals surface area (Å²) in [6, 6.07) is 0. The quantitative estimate of drug-likeness (QED) is 0.236. The molecule has 214 valence electrons. The minimum Gasteiger partial charge on any atom is -0.743 e. The van der Waals surface area contributed by atoms with E-state index in [1.165, 1.54) is 0 Å². The van der Waals surface area contributed by atoms with E-state index in [0.29, 0.717) is 0 Å². The fourth-order valence-electron chi connectivity index (χ4n) is 1.04. The van der Waals surface area contributed by atoms with E-state index in [1.54, 1.807) is 0 Å². The predicted molar refractivity (Wildman–Crippen MR) is 61.2 cm³/mol. The SMILES string of the molecule is O=S(=O)([O-])C(F)(F)C(F)(F)C(F)(F)C(F)(F)F.O=S(=O)([O-])C(F)(F)C(F)(F)C(F)(F)C(F)(F)F.[Ru+2]. The summed E-state index contributed by atoms with van der Waals surface area (Å²) in [4.78, 5) is 0. The normalized spacial score (nSPS) is 15.7. The van der Waals surface area contributed by atoms with E-state index in [9.17, 15) is 105 Å². The van der Waals surface area contributed by atoms with Gasteiger partial charge in [0, 0.05) is 0 Å². The monoisotopic (exact) mass is 700 g/mol. The second-order valence-electron chi connectivity index (χ2n) is 5.23. The average Bonchev–Trinajstić information content (AvgIpc) is 2.50. The van der Waals surface area contributed by atoms with Crippen molar-refractivity contribution < 1.29 is 124 Å². The van der Waals surface area contributed by atoms with E-state index in [0.717, 1.165) is 0 Å². The van der Waals surface area contributed by atoms with Crippen LogP contribution >= 0.6 is 0 Å². The van der Waals surface area contributed by atoms with Crippen LogP contribution in [0, 0.1) is 0 Å². The van der Waals surface area contributed by atoms with Crippen molar-refractivity contribution in [2.75, 3.05) is 0 Å². The Morgan fingerprint density at radius 3 is 0.600 bits per heavy atom. The molecule has 27 heteroatoms. The maximum absolute atomic E-state index is 12.2. The van der Waals surface area contributed by atoms with E-state index in [2.05, 4.69) is 0 Å². The Bertz CT molecular complexity index is 870. The summed E-state index contributed by atoms with van der Waals surface area (Å²) in [7, 11) is -14.8. The summed E-state index contributed by atoms with van der Waals surface area (Å²) < 4.78 is 271. The summed E-state index contributed by atoms with van der Waals surface area (Å²) in [5, 5.41) is -14.2. The van der Waals surface area contributed by atoms with Gasteiger partial charge in [0.1, 0.15) is 0 Å². The first kappa shape index (κ1) is 38.7. The van der Waals surface area contributed by atoms with Gasteiger partial charge in [0.15, 0.2) is 20.2 Å². The minimum atomic E-state index is -7.43. The molecule has 0 N–H and O–H groups in total. The van der Waals surface area contributed by atoms with Crippen LogP contribution in [0.5, 0.6) is 0 Å². The summed E-state index contributed by atoms with van der Waals surface area (Å²) in [6.07, 6.45) is -14.3. The van der Waals surface area contributed by atoms with E-state index < -0.39 is 66.8 Å². The number of hydrogen-bond donors (Lipinski definition) is 0. The molecule has 35 heavy (non-hydrogen) atoms. The molecule has 0 atom stereocenters. The Balaban J connectivity index is -0.000000569. The van der Waals surface area contributed by atoms with Gasteiger partial charge in [0.2, 0.25) is 0 Å². The molecule has 0 fully saturated rings. The topological polar surface area (TPSA) is 114 Å². The minimum absolute atomic E-state index is 0. The summed E-state index contributed by atoms with van der Waals surface area (Å²) in [5.74, 6) is -29.6. The Labute approximate surface area is 191 Å². The van der Waals surface area contributed by atoms with E-state index in [4.69, 9.17) is 0 Å². The van der Waals surface area contributed by atoms with Gasteiger partial charge in [-0.15, -0.1) is 0 Å². The fourth-order valence-corrected chi connectivity index (χ4v) is 1.92. The van der Waals surface area contributed by atoms with E-state index in [1.807, 2.05) is 0 Å². The van der Waals surface area contributed by atoms with Gasteiger partial charge in [-0.3, -0.25) is 0 Å². The number of halogens is 18. The molecular weight excluding hydrogens is 699 g/mol. The fraction of sp³-hybridized carbons (Fsp3) is 1.00. The molecular formula is C8F18O6RuS2. The molecule has 0 amide bonds. The van der Waals surface area contributed by atoms with Crippen molar-refractivity contribution in [3.8, 4) is 0 Å². The molecule has 0 aromatic carbocycles. The Morgan fingerprint density at radius 2 is 0.514 bits per heavy atom. The first-order valence-corrected chi connectivity index (χ1v) is 9.13. The molecule has 0 saturated carbocycles. The van der Waals surface area contributed by atoms with Gasteiger partial charge in [-0.05, 0) is 0 Å². The smallest absolute Gasteiger partial charge is 0.743 e. The zero-order valence-corrected chi connectivity index (χ0v) is 17.8. The number of alkyl halides is 18. The van der Waals surface area contributed by atoms with Gasteiger partial charge >= 0.3 is 66.0 Å². The van der Waals surface area contributed by atoms with Crippen molar-refractivity contribution in [2.24, 2.45) is 0 Å². The number of hydrogen-bond acceptors (Lipinski definition) is 6. The summed E-state index contributed by atoms with van der Waals surface area (Å²) in [6.45, 7) is 0. The van der Waals surface area contributed by atoms with Gasteiger partial charge in [0.05, 0.1) is 0 Å². The average molecular weight is 699 g/mol. The molecule has 0 unspecified atom stereocenters. The Hall–Kier alpha value is -0.817. The maximum Gasteiger partial charge on any atom is 2.00 e. The van der Waals surface area contributed by atoms with Crippen molar-refractivity contribution in [3.05, 3.63) is 0 Å². The largest absolute Gasteiger partial charge is 2.00 e. The van der Waals surface area contributed by atoms with Crippen LogP contribution in [-0.4, -0.2) is 72.5 Å². The van der Waals surface area contributed by atoms with Crippen LogP contribution in [0.3, 0.4) is 0 Å². The van der Waals surface area contributed by atoms with Gasteiger partial charge in [-0.1, -0.05) is 0 Å². The van der Waals surface area contributed by atoms with Crippen molar-refractivity contribution in [2.45, 2.75) is 46.6 Å². The van der Waals surface area contributed by atoms with Crippen LogP contribution < -0.4 is 0 Å². The molecule has 0 radical (unpaired) electrons. The second kappa shape index (κ2) is 9.81. The van der Waals surface area contributed by atoms with Crippen molar-refractivity contribution >= 4 is 20.2 Å². The van der Waals surface area contributed by atoms with Crippen LogP contribution in [0.4, 0.5) is 79.0 Å². The molecule has 0 aromatic heterocycles. The Kier molecular flexibility index (Phi) is 10.9. The first-order chi connectivity index (χ1) is 14.0. The van der Waals surface area contributed by atoms with Gasteiger partial charge in [-0.25, -0.2) is 16.8 Å². The van der Waals surface area contributed by atoms with Crippen LogP contribution in [0.25, 0.3) is 0 Å². The predicted octanol–water partition coefficient (Wildman–Crippen LogP) is 3.91. The molecule has 0 bridgehead atoms. The molecule has 0 aromatic rings. The zero-order chi connectivity index (χ0) is 29.0. The standard InChI is InChI=1S/2C4HF9O3S.Ru/c2*5-1(6,3(9,10)11)2(7,8)4(12,13)17(14,15)16;/h2*(H,14,15,16);/q;;+2/p-2. The molecule has 6 nitrogen and oxygen atoms in total. The van der Waals surface area contributed by atoms with Gasteiger partial charge < -0.3 is 9.11 Å². The molecule has 0 spiro atoms. The van der Waals surface area contributed by atoms with Crippen molar-refractivity contribution in [1.29, 1.82) is 0 Å². The van der Waals surface area contributed by atoms with Crippen LogP contribution in [0.2, 0.25) is 0 Å². The van der Waals surface area contributed by atoms with E-state index in [-0.39, 0.29) is 19.5 Å². The third-order valence-corrected chi connectivity index (χ3v) is 4.63. The molecule has 0 aliphatic rings. The maximum atomic E-state index is 12.2. The second-order valence-corrected chi connectivity index (χ2v) is 8.08. The molecule has 0 saturated heterocycles. The molecule has 0 heterocycles. The van der Waals surface area contributed by atoms with Crippen molar-refractivity contribution in [3.63, 3.8) is 0 Å². The van der Waals surface area contributed by atoms with Gasteiger partial charge in [-0.2, -0.15) is 79.0 Å². The van der Waals surface area contributed by atoms with E-state index >= 15 is 0 Å². The van der Waals surface area contributed by atoms with Gasteiger partial charge in [0.25, 0.3) is 0 Å². The van der Waals surface area contributed by atoms with Crippen LogP contribution in [0.1, 0.15) is 0 Å². The molecule has 0 aliphatic heterocycles. The summed E-state index contributed by atoms with van der Waals surface area (Å²) >= 11 is 0. The molecule has 0 rings (SSSR count). The van der Waals surface area contributed by atoms with Crippen LogP contribution in [-0.2, 0) is 39.7 Å². The van der Waals surface area contributed by atoms with Crippen molar-refractivity contribution in [1.82, 2.24) is 0 Å². The third-order valence-electron chi connectivity index (χ3n) is 2.86. The first-order valence-electron chi connectivity index (χ1n) is 6.31. The summed E-state index contributed by atoms with van der Waals surface area (Å²) in [5.41, 5.74) is 0.